The molecule has 0 aromatic carbocycles. The molecule has 3 heterocycles. The van der Waals surface area contributed by atoms with Crippen molar-refractivity contribution in [2.24, 2.45) is 11.8 Å². The second-order valence-electron chi connectivity index (χ2n) is 8.29. The normalized spacial score (nSPS) is 23.9. The Morgan fingerprint density at radius 3 is 2.67 bits per heavy atom. The van der Waals surface area contributed by atoms with E-state index in [-0.39, 0.29) is 0 Å². The van der Waals surface area contributed by atoms with Crippen molar-refractivity contribution in [3.63, 3.8) is 0 Å². The van der Waals surface area contributed by atoms with Crippen LogP contribution in [0.1, 0.15) is 49.1 Å². The van der Waals surface area contributed by atoms with E-state index in [0.29, 0.717) is 12.0 Å². The Kier molecular flexibility index (Phi) is 6.20. The number of rotatable bonds is 7. The largest absolute Gasteiger partial charge is 0.379 e. The summed E-state index contributed by atoms with van der Waals surface area (Å²) in [5.74, 6) is 2.26. The second kappa shape index (κ2) is 8.98. The minimum atomic E-state index is 0.436. The van der Waals surface area contributed by atoms with E-state index in [0.717, 1.165) is 43.6 Å². The van der Waals surface area contributed by atoms with Gasteiger partial charge in [0.1, 0.15) is 5.76 Å². The van der Waals surface area contributed by atoms with Gasteiger partial charge in [-0.3, -0.25) is 9.88 Å². The summed E-state index contributed by atoms with van der Waals surface area (Å²) in [6, 6.07) is 6.77. The molecule has 2 fully saturated rings. The Labute approximate surface area is 162 Å². The lowest BCUT2D eigenvalue weighted by Gasteiger charge is -2.35. The summed E-state index contributed by atoms with van der Waals surface area (Å²) >= 11 is 0. The highest BCUT2D eigenvalue weighted by molar-refractivity contribution is 5.11. The van der Waals surface area contributed by atoms with Gasteiger partial charge >= 0.3 is 0 Å². The lowest BCUT2D eigenvalue weighted by molar-refractivity contribution is 0.106. The molecule has 27 heavy (non-hydrogen) atoms. The van der Waals surface area contributed by atoms with Gasteiger partial charge in [-0.05, 0) is 43.4 Å². The zero-order valence-electron chi connectivity index (χ0n) is 16.3. The fourth-order valence-corrected chi connectivity index (χ4v) is 4.70. The van der Waals surface area contributed by atoms with E-state index >= 15 is 0 Å². The molecule has 1 aliphatic carbocycles. The van der Waals surface area contributed by atoms with E-state index in [4.69, 9.17) is 9.26 Å². The maximum Gasteiger partial charge on any atom is 0.137 e. The van der Waals surface area contributed by atoms with Gasteiger partial charge in [0.15, 0.2) is 0 Å². The summed E-state index contributed by atoms with van der Waals surface area (Å²) < 4.78 is 11.4. The van der Waals surface area contributed by atoms with E-state index in [9.17, 15) is 0 Å². The Morgan fingerprint density at radius 1 is 1.11 bits per heavy atom. The third kappa shape index (κ3) is 4.96. The number of hydrogen-bond acceptors (Lipinski definition) is 5. The molecule has 0 spiro atoms. The molecular weight excluding hydrogens is 338 g/mol. The highest BCUT2D eigenvalue weighted by atomic mass is 16.5. The van der Waals surface area contributed by atoms with Crippen molar-refractivity contribution < 1.29 is 9.26 Å². The van der Waals surface area contributed by atoms with Crippen LogP contribution in [0.4, 0.5) is 0 Å². The molecular formula is C22H31N3O2. The maximum absolute atomic E-state index is 5.94. The molecule has 146 valence electrons. The Balaban J connectivity index is 1.48. The molecule has 1 saturated heterocycles. The minimum absolute atomic E-state index is 0.436. The van der Waals surface area contributed by atoms with Crippen LogP contribution >= 0.6 is 0 Å². The lowest BCUT2D eigenvalue weighted by atomic mass is 9.87. The molecule has 1 saturated carbocycles. The van der Waals surface area contributed by atoms with Crippen molar-refractivity contribution in [2.75, 3.05) is 19.8 Å². The van der Waals surface area contributed by atoms with Crippen molar-refractivity contribution in [2.45, 2.75) is 58.0 Å². The molecule has 2 aliphatic rings. The van der Waals surface area contributed by atoms with Crippen molar-refractivity contribution >= 4 is 0 Å². The average Bonchev–Trinajstić information content (AvgIpc) is 3.32. The zero-order chi connectivity index (χ0) is 18.5. The third-order valence-electron chi connectivity index (χ3n) is 6.13. The first-order valence-electron chi connectivity index (χ1n) is 10.4. The fraction of sp³-hybridized carbons (Fsp3) is 0.636. The van der Waals surface area contributed by atoms with Gasteiger partial charge in [0.25, 0.3) is 0 Å². The molecule has 0 unspecified atom stereocenters. The SMILES string of the molecule is Cc1cc(C[C@@H]2COC[C@H]2N(Cc2ccncc2)CC2CCCCC2)on1. The van der Waals surface area contributed by atoms with Gasteiger partial charge in [-0.1, -0.05) is 24.4 Å². The number of pyridine rings is 1. The molecule has 2 aromatic rings. The van der Waals surface area contributed by atoms with Gasteiger partial charge in [-0.2, -0.15) is 0 Å². The fourth-order valence-electron chi connectivity index (χ4n) is 4.70. The van der Waals surface area contributed by atoms with Gasteiger partial charge in [-0.15, -0.1) is 0 Å². The van der Waals surface area contributed by atoms with Crippen LogP contribution < -0.4 is 0 Å². The van der Waals surface area contributed by atoms with Crippen molar-refractivity contribution in [1.82, 2.24) is 15.0 Å². The molecule has 5 nitrogen and oxygen atoms in total. The summed E-state index contributed by atoms with van der Waals surface area (Å²) in [6.07, 6.45) is 11.6. The Morgan fingerprint density at radius 2 is 1.93 bits per heavy atom. The summed E-state index contributed by atoms with van der Waals surface area (Å²) in [4.78, 5) is 6.85. The lowest BCUT2D eigenvalue weighted by Crippen LogP contribution is -2.43. The van der Waals surface area contributed by atoms with Crippen molar-refractivity contribution in [1.29, 1.82) is 0 Å². The standard InChI is InChI=1S/C22H31N3O2/c1-17-11-21(27-24-17)12-20-15-26-16-22(20)25(13-18-5-3-2-4-6-18)14-19-7-9-23-10-8-19/h7-11,18,20,22H,2-6,12-16H2,1H3/t20-,22-/m1/s1. The zero-order valence-corrected chi connectivity index (χ0v) is 16.3. The second-order valence-corrected chi connectivity index (χ2v) is 8.29. The monoisotopic (exact) mass is 369 g/mol. The van der Waals surface area contributed by atoms with Gasteiger partial charge < -0.3 is 9.26 Å². The molecule has 2 aromatic heterocycles. The van der Waals surface area contributed by atoms with Crippen LogP contribution in [0.5, 0.6) is 0 Å². The van der Waals surface area contributed by atoms with Crippen molar-refractivity contribution in [3.05, 3.63) is 47.6 Å². The minimum Gasteiger partial charge on any atom is -0.379 e. The van der Waals surface area contributed by atoms with E-state index in [1.807, 2.05) is 19.3 Å². The first-order valence-corrected chi connectivity index (χ1v) is 10.4. The third-order valence-corrected chi connectivity index (χ3v) is 6.13. The molecule has 5 heteroatoms. The number of nitrogens with zero attached hydrogens (tertiary/aromatic N) is 3. The van der Waals surface area contributed by atoms with Gasteiger partial charge in [-0.25, -0.2) is 0 Å². The van der Waals surface area contributed by atoms with Gasteiger partial charge in [0.2, 0.25) is 0 Å². The highest BCUT2D eigenvalue weighted by Crippen LogP contribution is 2.30. The van der Waals surface area contributed by atoms with Crippen LogP contribution in [0.3, 0.4) is 0 Å². The first-order chi connectivity index (χ1) is 13.3. The molecule has 0 bridgehead atoms. The number of ether oxygens (including phenoxy) is 1. The molecule has 0 amide bonds. The summed E-state index contributed by atoms with van der Waals surface area (Å²) in [5, 5.41) is 4.05. The van der Waals surface area contributed by atoms with Gasteiger partial charge in [0, 0.05) is 49.9 Å². The highest BCUT2D eigenvalue weighted by Gasteiger charge is 2.35. The number of hydrogen-bond donors (Lipinski definition) is 0. The number of aromatic nitrogens is 2. The molecule has 1 aliphatic heterocycles. The Hall–Kier alpha value is -1.72. The molecule has 0 N–H and O–H groups in total. The van der Waals surface area contributed by atoms with Gasteiger partial charge in [0.05, 0.1) is 18.9 Å². The van der Waals surface area contributed by atoms with Crippen molar-refractivity contribution in [3.8, 4) is 0 Å². The topological polar surface area (TPSA) is 51.4 Å². The Bertz CT molecular complexity index is 697. The molecule has 0 radical (unpaired) electrons. The van der Waals surface area contributed by atoms with Crippen LogP contribution in [-0.4, -0.2) is 40.8 Å². The van der Waals surface area contributed by atoms with E-state index in [1.165, 1.54) is 44.2 Å². The van der Waals surface area contributed by atoms with Crippen LogP contribution in [0, 0.1) is 18.8 Å². The molecule has 4 rings (SSSR count). The smallest absolute Gasteiger partial charge is 0.137 e. The number of aryl methyl sites for hydroxylation is 1. The summed E-state index contributed by atoms with van der Waals surface area (Å²) in [5.41, 5.74) is 2.29. The molecule has 2 atom stereocenters. The van der Waals surface area contributed by atoms with E-state index in [2.05, 4.69) is 33.2 Å². The maximum atomic E-state index is 5.94. The average molecular weight is 370 g/mol. The predicted octanol–water partition coefficient (Wildman–Crippen LogP) is 4.02. The van der Waals surface area contributed by atoms with E-state index < -0.39 is 0 Å². The first kappa shape index (κ1) is 18.6. The quantitative estimate of drug-likeness (QED) is 0.738. The van der Waals surface area contributed by atoms with Crippen LogP contribution in [0.25, 0.3) is 0 Å². The summed E-state index contributed by atoms with van der Waals surface area (Å²) in [6.45, 7) is 5.74. The summed E-state index contributed by atoms with van der Waals surface area (Å²) in [7, 11) is 0. The van der Waals surface area contributed by atoms with Crippen LogP contribution in [-0.2, 0) is 17.7 Å². The van der Waals surface area contributed by atoms with E-state index in [1.54, 1.807) is 0 Å². The van der Waals surface area contributed by atoms with Crippen LogP contribution in [0.15, 0.2) is 35.1 Å². The predicted molar refractivity (Wildman–Crippen MR) is 104 cm³/mol. The van der Waals surface area contributed by atoms with Crippen LogP contribution in [0.2, 0.25) is 0 Å².